The van der Waals surface area contributed by atoms with Gasteiger partial charge in [-0.25, -0.2) is 4.79 Å². The number of alkyl halides is 3. The van der Waals surface area contributed by atoms with Gasteiger partial charge in [-0.15, -0.1) is 11.3 Å². The summed E-state index contributed by atoms with van der Waals surface area (Å²) in [5, 5.41) is 3.36. The molecule has 0 saturated carbocycles. The molecule has 188 valence electrons. The number of carbonyl (C=O) groups is 2. The number of nitrogens with one attached hydrogen (secondary N) is 1. The van der Waals surface area contributed by atoms with E-state index in [-0.39, 0.29) is 17.9 Å². The first-order chi connectivity index (χ1) is 16.2. The molecular weight excluding hydrogens is 503 g/mol. The SMILES string of the molecule is COC(=O)[C@@H](NC(=O)c1ccc2sc(Cl)c(C)c2c1OCc1ccc(C(F)(F)F)cc1)C(C)(C)C. The molecule has 0 aliphatic carbocycles. The van der Waals surface area contributed by atoms with Gasteiger partial charge in [0.2, 0.25) is 0 Å². The lowest BCUT2D eigenvalue weighted by atomic mass is 9.86. The quantitative estimate of drug-likeness (QED) is 0.359. The topological polar surface area (TPSA) is 64.6 Å². The Morgan fingerprint density at radius 1 is 1.09 bits per heavy atom. The molecular formula is C25H25ClF3NO4S. The van der Waals surface area contributed by atoms with Gasteiger partial charge in [0, 0.05) is 10.1 Å². The molecule has 1 amide bonds. The standard InChI is InChI=1S/C25H25ClF3NO4S/c1-13-18-17(35-21(13)26)11-10-16(22(31)30-20(23(32)33-5)24(2,3)4)19(18)34-12-14-6-8-15(9-7-14)25(27,28)29/h6-11,20H,12H2,1-5H3,(H,30,31)/t20-/m1/s1. The maximum absolute atomic E-state index is 13.3. The number of carbonyl (C=O) groups excluding carboxylic acids is 2. The molecule has 3 aromatic rings. The van der Waals surface area contributed by atoms with Crippen LogP contribution in [-0.2, 0) is 22.3 Å². The Bertz CT molecular complexity index is 1250. The lowest BCUT2D eigenvalue weighted by molar-refractivity contribution is -0.145. The number of ether oxygens (including phenoxy) is 2. The van der Waals surface area contributed by atoms with Crippen LogP contribution in [0.4, 0.5) is 13.2 Å². The van der Waals surface area contributed by atoms with Crippen molar-refractivity contribution in [2.24, 2.45) is 5.41 Å². The number of benzene rings is 2. The van der Waals surface area contributed by atoms with Crippen molar-refractivity contribution in [2.45, 2.75) is 46.5 Å². The van der Waals surface area contributed by atoms with E-state index in [9.17, 15) is 22.8 Å². The molecule has 0 saturated heterocycles. The summed E-state index contributed by atoms with van der Waals surface area (Å²) >= 11 is 7.65. The first-order valence-corrected chi connectivity index (χ1v) is 11.8. The Morgan fingerprint density at radius 3 is 2.26 bits per heavy atom. The highest BCUT2D eigenvalue weighted by Crippen LogP contribution is 2.42. The Morgan fingerprint density at radius 2 is 1.71 bits per heavy atom. The zero-order valence-electron chi connectivity index (χ0n) is 19.8. The maximum atomic E-state index is 13.3. The van der Waals surface area contributed by atoms with Crippen molar-refractivity contribution in [1.82, 2.24) is 5.32 Å². The molecule has 10 heteroatoms. The number of halogens is 4. The molecule has 35 heavy (non-hydrogen) atoms. The van der Waals surface area contributed by atoms with Crippen LogP contribution in [0.5, 0.6) is 5.75 Å². The molecule has 5 nitrogen and oxygen atoms in total. The number of hydrogen-bond acceptors (Lipinski definition) is 5. The van der Waals surface area contributed by atoms with Gasteiger partial charge in [-0.2, -0.15) is 13.2 Å². The van der Waals surface area contributed by atoms with E-state index in [1.807, 2.05) is 0 Å². The second-order valence-electron chi connectivity index (χ2n) is 9.10. The molecule has 0 aliphatic rings. The number of aryl methyl sites for hydroxylation is 1. The predicted octanol–water partition coefficient (Wildman–Crippen LogP) is 6.78. The van der Waals surface area contributed by atoms with Gasteiger partial charge in [0.1, 0.15) is 18.4 Å². The lowest BCUT2D eigenvalue weighted by Crippen LogP contribution is -2.49. The summed E-state index contributed by atoms with van der Waals surface area (Å²) < 4.78 is 50.8. The van der Waals surface area contributed by atoms with Crippen LogP contribution in [0.1, 0.15) is 47.8 Å². The zero-order chi connectivity index (χ0) is 26.1. The third-order valence-corrected chi connectivity index (χ3v) is 7.04. The fourth-order valence-electron chi connectivity index (χ4n) is 3.51. The molecule has 0 aliphatic heterocycles. The van der Waals surface area contributed by atoms with Gasteiger partial charge >= 0.3 is 12.1 Å². The average molecular weight is 528 g/mol. The van der Waals surface area contributed by atoms with E-state index in [1.54, 1.807) is 39.8 Å². The smallest absolute Gasteiger partial charge is 0.416 e. The molecule has 0 unspecified atom stereocenters. The predicted molar refractivity (Wildman–Crippen MR) is 130 cm³/mol. The van der Waals surface area contributed by atoms with Crippen LogP contribution in [0, 0.1) is 12.3 Å². The van der Waals surface area contributed by atoms with Gasteiger partial charge in [0.15, 0.2) is 0 Å². The van der Waals surface area contributed by atoms with Crippen LogP contribution in [-0.4, -0.2) is 25.0 Å². The Kier molecular flexibility index (Phi) is 7.71. The summed E-state index contributed by atoms with van der Waals surface area (Å²) in [5.41, 5.74) is -0.0259. The molecule has 0 bridgehead atoms. The minimum Gasteiger partial charge on any atom is -0.487 e. The highest BCUT2D eigenvalue weighted by molar-refractivity contribution is 7.23. The first kappa shape index (κ1) is 26.8. The zero-order valence-corrected chi connectivity index (χ0v) is 21.4. The van der Waals surface area contributed by atoms with E-state index in [0.29, 0.717) is 20.8 Å². The number of hydrogen-bond donors (Lipinski definition) is 1. The van der Waals surface area contributed by atoms with Gasteiger partial charge in [-0.3, -0.25) is 4.79 Å². The van der Waals surface area contributed by atoms with E-state index in [2.05, 4.69) is 5.32 Å². The molecule has 0 fully saturated rings. The van der Waals surface area contributed by atoms with E-state index in [4.69, 9.17) is 21.1 Å². The van der Waals surface area contributed by atoms with Crippen molar-refractivity contribution in [1.29, 1.82) is 0 Å². The summed E-state index contributed by atoms with van der Waals surface area (Å²) in [7, 11) is 1.24. The van der Waals surface area contributed by atoms with Crippen LogP contribution in [0.3, 0.4) is 0 Å². The fourth-order valence-corrected chi connectivity index (χ4v) is 4.78. The minimum atomic E-state index is -4.44. The van der Waals surface area contributed by atoms with Crippen molar-refractivity contribution >= 4 is 44.9 Å². The van der Waals surface area contributed by atoms with E-state index in [1.165, 1.54) is 30.6 Å². The monoisotopic (exact) mass is 527 g/mol. The van der Waals surface area contributed by atoms with Crippen molar-refractivity contribution in [2.75, 3.05) is 7.11 Å². The van der Waals surface area contributed by atoms with Crippen molar-refractivity contribution in [3.63, 3.8) is 0 Å². The van der Waals surface area contributed by atoms with E-state index in [0.717, 1.165) is 16.8 Å². The third-order valence-electron chi connectivity index (χ3n) is 5.48. The number of amides is 1. The molecule has 1 N–H and O–H groups in total. The summed E-state index contributed by atoms with van der Waals surface area (Å²) in [6.07, 6.45) is -4.44. The van der Waals surface area contributed by atoms with Gasteiger partial charge in [0.05, 0.1) is 22.6 Å². The highest BCUT2D eigenvalue weighted by atomic mass is 35.5. The molecule has 1 aromatic heterocycles. The Hall–Kier alpha value is -2.78. The second kappa shape index (κ2) is 10.1. The lowest BCUT2D eigenvalue weighted by Gasteiger charge is -2.29. The first-order valence-electron chi connectivity index (χ1n) is 10.6. The van der Waals surface area contributed by atoms with Crippen LogP contribution in [0.25, 0.3) is 10.1 Å². The van der Waals surface area contributed by atoms with Crippen LogP contribution < -0.4 is 10.1 Å². The van der Waals surface area contributed by atoms with E-state index < -0.39 is 35.1 Å². The molecule has 0 radical (unpaired) electrons. The largest absolute Gasteiger partial charge is 0.487 e. The summed E-state index contributed by atoms with van der Waals surface area (Å²) in [6.45, 7) is 7.10. The average Bonchev–Trinajstić information content (AvgIpc) is 3.07. The van der Waals surface area contributed by atoms with E-state index >= 15 is 0 Å². The van der Waals surface area contributed by atoms with Crippen LogP contribution in [0.2, 0.25) is 4.34 Å². The number of methoxy groups -OCH3 is 1. The second-order valence-corrected chi connectivity index (χ2v) is 10.7. The maximum Gasteiger partial charge on any atom is 0.416 e. The van der Waals surface area contributed by atoms with Crippen LogP contribution >= 0.6 is 22.9 Å². The summed E-state index contributed by atoms with van der Waals surface area (Å²) in [5.74, 6) is -0.909. The molecule has 1 heterocycles. The number of esters is 1. The van der Waals surface area contributed by atoms with Crippen molar-refractivity contribution < 1.29 is 32.2 Å². The summed E-state index contributed by atoms with van der Waals surface area (Å²) in [4.78, 5) is 25.6. The molecule has 2 aromatic carbocycles. The van der Waals surface area contributed by atoms with Gasteiger partial charge in [0.25, 0.3) is 5.91 Å². The number of fused-ring (bicyclic) bond motifs is 1. The molecule has 1 atom stereocenters. The van der Waals surface area contributed by atoms with Gasteiger partial charge < -0.3 is 14.8 Å². The highest BCUT2D eigenvalue weighted by Gasteiger charge is 2.35. The third kappa shape index (κ3) is 5.90. The van der Waals surface area contributed by atoms with Crippen LogP contribution in [0.15, 0.2) is 36.4 Å². The Balaban J connectivity index is 1.99. The summed E-state index contributed by atoms with van der Waals surface area (Å²) in [6, 6.07) is 6.98. The van der Waals surface area contributed by atoms with Gasteiger partial charge in [-0.05, 0) is 47.7 Å². The fraction of sp³-hybridized carbons (Fsp3) is 0.360. The normalized spacial score (nSPS) is 12.9. The van der Waals surface area contributed by atoms with Crippen molar-refractivity contribution in [3.8, 4) is 5.75 Å². The Labute approximate surface area is 210 Å². The molecule has 0 spiro atoms. The van der Waals surface area contributed by atoms with Crippen molar-refractivity contribution in [3.05, 3.63) is 63.0 Å². The molecule has 3 rings (SSSR count). The number of rotatable bonds is 6. The minimum absolute atomic E-state index is 0.0792. The van der Waals surface area contributed by atoms with Gasteiger partial charge in [-0.1, -0.05) is 44.5 Å². The number of thiophene rings is 1.